The lowest BCUT2D eigenvalue weighted by atomic mass is 9.94. The fraction of sp³-hybridized carbons (Fsp3) is 0.500. The molecule has 1 aromatic rings. The van der Waals surface area contributed by atoms with Gasteiger partial charge >= 0.3 is 5.97 Å². The molecule has 1 rings (SSSR count). The largest absolute Gasteiger partial charge is 0.469 e. The molecule has 1 heterocycles. The monoisotopic (exact) mass is 213 g/mol. The number of hydrogen-bond acceptors (Lipinski definition) is 4. The van der Waals surface area contributed by atoms with Gasteiger partial charge in [-0.05, 0) is 25.3 Å². The van der Waals surface area contributed by atoms with Gasteiger partial charge in [-0.1, -0.05) is 0 Å². The van der Waals surface area contributed by atoms with Crippen molar-refractivity contribution in [3.63, 3.8) is 0 Å². The van der Waals surface area contributed by atoms with Crippen LogP contribution in [0.5, 0.6) is 0 Å². The highest BCUT2D eigenvalue weighted by Crippen LogP contribution is 2.19. The van der Waals surface area contributed by atoms with Crippen LogP contribution in [-0.4, -0.2) is 19.6 Å². The molecule has 0 bridgehead atoms. The molecule has 1 aromatic heterocycles. The Morgan fingerprint density at radius 1 is 1.64 bits per heavy atom. The van der Waals surface area contributed by atoms with Crippen LogP contribution in [0.1, 0.15) is 13.8 Å². The third kappa shape index (κ3) is 2.73. The summed E-state index contributed by atoms with van der Waals surface area (Å²) in [6.45, 7) is 4.30. The molecule has 0 atom stereocenters. The molecule has 0 aliphatic rings. The third-order valence-corrected chi connectivity index (χ3v) is 2.68. The highest BCUT2D eigenvalue weighted by molar-refractivity contribution is 7.08. The number of esters is 1. The predicted molar refractivity (Wildman–Crippen MR) is 58.6 cm³/mol. The average molecular weight is 213 g/mol. The Labute approximate surface area is 88.1 Å². The maximum absolute atomic E-state index is 11.3. The summed E-state index contributed by atoms with van der Waals surface area (Å²) in [4.78, 5) is 11.3. The van der Waals surface area contributed by atoms with E-state index in [-0.39, 0.29) is 5.97 Å². The van der Waals surface area contributed by atoms with Crippen LogP contribution < -0.4 is 5.32 Å². The summed E-state index contributed by atoms with van der Waals surface area (Å²) in [6.07, 6.45) is 0. The molecule has 0 fully saturated rings. The first-order valence-corrected chi connectivity index (χ1v) is 5.35. The van der Waals surface area contributed by atoms with E-state index in [4.69, 9.17) is 4.74 Å². The zero-order valence-corrected chi connectivity index (χ0v) is 9.48. The number of carbonyl (C=O) groups excluding carboxylic acids is 1. The summed E-state index contributed by atoms with van der Waals surface area (Å²) in [5.41, 5.74) is 0.559. The number of carbonyl (C=O) groups is 1. The number of hydrogen-bond donors (Lipinski definition) is 1. The van der Waals surface area contributed by atoms with E-state index in [1.165, 1.54) is 7.11 Å². The standard InChI is InChI=1S/C10H15NO2S/c1-10(2,9(12)13-3)7-11-8-4-5-14-6-8/h4-6,11H,7H2,1-3H3. The number of thiophene rings is 1. The van der Waals surface area contributed by atoms with Gasteiger partial charge < -0.3 is 10.1 Å². The first-order chi connectivity index (χ1) is 6.56. The van der Waals surface area contributed by atoms with E-state index in [2.05, 4.69) is 5.32 Å². The molecule has 0 aromatic carbocycles. The van der Waals surface area contributed by atoms with Gasteiger partial charge in [0.25, 0.3) is 0 Å². The van der Waals surface area contributed by atoms with Crippen LogP contribution in [0, 0.1) is 5.41 Å². The second-order valence-electron chi connectivity index (χ2n) is 3.74. The summed E-state index contributed by atoms with van der Waals surface area (Å²) >= 11 is 1.63. The lowest BCUT2D eigenvalue weighted by molar-refractivity contribution is -0.149. The van der Waals surface area contributed by atoms with Crippen LogP contribution in [0.3, 0.4) is 0 Å². The summed E-state index contributed by atoms with van der Waals surface area (Å²) in [7, 11) is 1.41. The summed E-state index contributed by atoms with van der Waals surface area (Å²) in [5.74, 6) is -0.194. The highest BCUT2D eigenvalue weighted by atomic mass is 32.1. The average Bonchev–Trinajstić information content (AvgIpc) is 2.66. The Balaban J connectivity index is 2.48. The first-order valence-electron chi connectivity index (χ1n) is 4.41. The lowest BCUT2D eigenvalue weighted by Gasteiger charge is -2.21. The van der Waals surface area contributed by atoms with Gasteiger partial charge in [0, 0.05) is 17.6 Å². The molecular formula is C10H15NO2S. The van der Waals surface area contributed by atoms with Crippen molar-refractivity contribution < 1.29 is 9.53 Å². The lowest BCUT2D eigenvalue weighted by Crippen LogP contribution is -2.33. The number of nitrogens with one attached hydrogen (secondary N) is 1. The van der Waals surface area contributed by atoms with Crippen LogP contribution >= 0.6 is 11.3 Å². The Morgan fingerprint density at radius 2 is 2.36 bits per heavy atom. The molecule has 3 nitrogen and oxygen atoms in total. The normalized spacial score (nSPS) is 11.1. The van der Waals surface area contributed by atoms with Crippen LogP contribution in [0.15, 0.2) is 16.8 Å². The van der Waals surface area contributed by atoms with Gasteiger partial charge in [-0.3, -0.25) is 4.79 Å². The molecule has 0 aliphatic heterocycles. The summed E-state index contributed by atoms with van der Waals surface area (Å²) < 4.78 is 4.71. The van der Waals surface area contributed by atoms with Gasteiger partial charge in [0.15, 0.2) is 0 Å². The molecule has 0 amide bonds. The summed E-state index contributed by atoms with van der Waals surface area (Å²) in [6, 6.07) is 1.98. The molecular weight excluding hydrogens is 198 g/mol. The molecule has 0 unspecified atom stereocenters. The van der Waals surface area contributed by atoms with Crippen molar-refractivity contribution in [2.45, 2.75) is 13.8 Å². The van der Waals surface area contributed by atoms with Gasteiger partial charge in [-0.2, -0.15) is 11.3 Å². The van der Waals surface area contributed by atoms with E-state index in [0.717, 1.165) is 5.69 Å². The minimum atomic E-state index is -0.489. The van der Waals surface area contributed by atoms with Crippen molar-refractivity contribution in [1.82, 2.24) is 0 Å². The first kappa shape index (κ1) is 11.0. The molecule has 0 aliphatic carbocycles. The van der Waals surface area contributed by atoms with E-state index >= 15 is 0 Å². The van der Waals surface area contributed by atoms with E-state index in [0.29, 0.717) is 6.54 Å². The van der Waals surface area contributed by atoms with Crippen molar-refractivity contribution in [2.75, 3.05) is 19.0 Å². The van der Waals surface area contributed by atoms with Gasteiger partial charge in [0.1, 0.15) is 0 Å². The molecule has 14 heavy (non-hydrogen) atoms. The van der Waals surface area contributed by atoms with Crippen molar-refractivity contribution in [3.05, 3.63) is 16.8 Å². The molecule has 0 saturated carbocycles. The van der Waals surface area contributed by atoms with Crippen LogP contribution in [0.25, 0.3) is 0 Å². The number of anilines is 1. The van der Waals surface area contributed by atoms with Gasteiger partial charge in [-0.15, -0.1) is 0 Å². The molecule has 4 heteroatoms. The zero-order valence-electron chi connectivity index (χ0n) is 8.66. The molecule has 0 spiro atoms. The Morgan fingerprint density at radius 3 is 2.86 bits per heavy atom. The molecule has 1 N–H and O–H groups in total. The minimum absolute atomic E-state index is 0.194. The van der Waals surface area contributed by atoms with Gasteiger partial charge in [-0.25, -0.2) is 0 Å². The van der Waals surface area contributed by atoms with Crippen molar-refractivity contribution in [2.24, 2.45) is 5.41 Å². The number of methoxy groups -OCH3 is 1. The Kier molecular flexibility index (Phi) is 3.52. The van der Waals surface area contributed by atoms with Crippen molar-refractivity contribution in [1.29, 1.82) is 0 Å². The maximum Gasteiger partial charge on any atom is 0.313 e. The topological polar surface area (TPSA) is 38.3 Å². The Hall–Kier alpha value is -1.03. The molecule has 78 valence electrons. The fourth-order valence-electron chi connectivity index (χ4n) is 1.04. The second kappa shape index (κ2) is 4.46. The number of ether oxygens (including phenoxy) is 1. The minimum Gasteiger partial charge on any atom is -0.469 e. The van der Waals surface area contributed by atoms with E-state index < -0.39 is 5.41 Å². The number of rotatable bonds is 4. The van der Waals surface area contributed by atoms with Gasteiger partial charge in [0.2, 0.25) is 0 Å². The smallest absolute Gasteiger partial charge is 0.313 e. The second-order valence-corrected chi connectivity index (χ2v) is 4.52. The van der Waals surface area contributed by atoms with Crippen molar-refractivity contribution >= 4 is 23.0 Å². The third-order valence-electron chi connectivity index (χ3n) is 1.99. The van der Waals surface area contributed by atoms with Crippen molar-refractivity contribution in [3.8, 4) is 0 Å². The van der Waals surface area contributed by atoms with Gasteiger partial charge in [0.05, 0.1) is 12.5 Å². The van der Waals surface area contributed by atoms with E-state index in [1.54, 1.807) is 11.3 Å². The maximum atomic E-state index is 11.3. The molecule has 0 radical (unpaired) electrons. The van der Waals surface area contributed by atoms with Crippen LogP contribution in [-0.2, 0) is 9.53 Å². The van der Waals surface area contributed by atoms with Crippen LogP contribution in [0.4, 0.5) is 5.69 Å². The Bertz CT molecular complexity index is 293. The predicted octanol–water partition coefficient (Wildman–Crippen LogP) is 2.36. The fourth-order valence-corrected chi connectivity index (χ4v) is 1.65. The van der Waals surface area contributed by atoms with E-state index in [9.17, 15) is 4.79 Å². The zero-order chi connectivity index (χ0) is 10.6. The van der Waals surface area contributed by atoms with E-state index in [1.807, 2.05) is 30.7 Å². The molecule has 0 saturated heterocycles. The highest BCUT2D eigenvalue weighted by Gasteiger charge is 2.28. The SMILES string of the molecule is COC(=O)C(C)(C)CNc1ccsc1. The van der Waals surface area contributed by atoms with Crippen LogP contribution in [0.2, 0.25) is 0 Å². The quantitative estimate of drug-likeness (QED) is 0.780. The summed E-state index contributed by atoms with van der Waals surface area (Å²) in [5, 5.41) is 7.19.